The maximum atomic E-state index is 12.2. The first-order valence-electron chi connectivity index (χ1n) is 8.06. The number of carbonyl (C=O) groups is 1. The molecule has 6 nitrogen and oxygen atoms in total. The van der Waals surface area contributed by atoms with Crippen molar-refractivity contribution in [2.45, 2.75) is 18.9 Å². The lowest BCUT2D eigenvalue weighted by Crippen LogP contribution is -2.47. The topological polar surface area (TPSA) is 68.5 Å². The van der Waals surface area contributed by atoms with Gasteiger partial charge in [0.1, 0.15) is 5.75 Å². The molecule has 1 amide bonds. The molecule has 2 heterocycles. The first-order valence-corrected chi connectivity index (χ1v) is 8.06. The Morgan fingerprint density at radius 3 is 2.62 bits per heavy atom. The molecule has 1 saturated heterocycles. The van der Waals surface area contributed by atoms with Gasteiger partial charge in [-0.05, 0) is 31.0 Å². The van der Waals surface area contributed by atoms with Gasteiger partial charge >= 0.3 is 5.91 Å². The lowest BCUT2D eigenvalue weighted by atomic mass is 10.0. The lowest BCUT2D eigenvalue weighted by Gasteiger charge is -2.34. The Labute approximate surface area is 141 Å². The van der Waals surface area contributed by atoms with Crippen molar-refractivity contribution in [1.29, 1.82) is 0 Å². The number of amides is 1. The molecule has 1 aromatic carbocycles. The fraction of sp³-hybridized carbons (Fsp3) is 0.333. The predicted molar refractivity (Wildman–Crippen MR) is 91.1 cm³/mol. The summed E-state index contributed by atoms with van der Waals surface area (Å²) in [5.41, 5.74) is 1.20. The van der Waals surface area contributed by atoms with Gasteiger partial charge in [-0.2, -0.15) is 4.73 Å². The highest BCUT2D eigenvalue weighted by Crippen LogP contribution is 2.29. The van der Waals surface area contributed by atoms with Gasteiger partial charge < -0.3 is 20.2 Å². The summed E-state index contributed by atoms with van der Waals surface area (Å²) in [5.74, 6) is 0.540. The van der Waals surface area contributed by atoms with Crippen molar-refractivity contribution < 1.29 is 14.3 Å². The summed E-state index contributed by atoms with van der Waals surface area (Å²) in [4.78, 5) is 14.5. The van der Waals surface area contributed by atoms with Crippen molar-refractivity contribution in [3.8, 4) is 5.75 Å². The van der Waals surface area contributed by atoms with Crippen LogP contribution < -0.4 is 19.7 Å². The Bertz CT molecular complexity index is 712. The predicted octanol–water partition coefficient (Wildman–Crippen LogP) is 1.73. The van der Waals surface area contributed by atoms with Gasteiger partial charge in [-0.25, -0.2) is 0 Å². The van der Waals surface area contributed by atoms with Gasteiger partial charge in [0.2, 0.25) is 0 Å². The van der Waals surface area contributed by atoms with Gasteiger partial charge in [0.15, 0.2) is 6.20 Å². The highest BCUT2D eigenvalue weighted by molar-refractivity contribution is 5.91. The molecule has 2 aromatic rings. The molecule has 24 heavy (non-hydrogen) atoms. The quantitative estimate of drug-likeness (QED) is 0.686. The molecule has 1 fully saturated rings. The number of nitrogens with zero attached hydrogens (tertiary/aromatic N) is 2. The van der Waals surface area contributed by atoms with E-state index >= 15 is 0 Å². The number of anilines is 1. The lowest BCUT2D eigenvalue weighted by molar-refractivity contribution is -0.607. The number of methoxy groups -OCH3 is 1. The summed E-state index contributed by atoms with van der Waals surface area (Å²) in [6.07, 6.45) is 2.99. The van der Waals surface area contributed by atoms with Crippen LogP contribution in [0.2, 0.25) is 0 Å². The molecule has 0 spiro atoms. The van der Waals surface area contributed by atoms with E-state index in [-0.39, 0.29) is 17.6 Å². The summed E-state index contributed by atoms with van der Waals surface area (Å²) >= 11 is 0. The number of nitrogens with one attached hydrogen (secondary N) is 1. The second-order valence-electron chi connectivity index (χ2n) is 5.82. The molecule has 1 aromatic heterocycles. The van der Waals surface area contributed by atoms with Crippen molar-refractivity contribution in [3.63, 3.8) is 0 Å². The standard InChI is InChI=1S/C18H21N3O3/c1-24-17-8-3-2-6-15(17)20-12-9-14(10-13-20)19-18(22)16-7-4-5-11-21(16)23/h2-8,11,14H,9-10,12-13H2,1H3,(H,19,22). The Kier molecular flexibility index (Phi) is 4.84. The molecule has 126 valence electrons. The average Bonchev–Trinajstić information content (AvgIpc) is 2.62. The minimum absolute atomic E-state index is 0.0728. The van der Waals surface area contributed by atoms with E-state index in [1.54, 1.807) is 19.2 Å². The minimum atomic E-state index is -0.318. The number of hydrogen-bond donors (Lipinski definition) is 1. The number of para-hydroxylation sites is 2. The third-order valence-corrected chi connectivity index (χ3v) is 4.31. The van der Waals surface area contributed by atoms with Crippen LogP contribution in [0.4, 0.5) is 5.69 Å². The summed E-state index contributed by atoms with van der Waals surface area (Å²) in [7, 11) is 1.67. The van der Waals surface area contributed by atoms with Crippen LogP contribution in [0.15, 0.2) is 48.7 Å². The second-order valence-corrected chi connectivity index (χ2v) is 5.82. The SMILES string of the molecule is COc1ccccc1N1CCC(NC(=O)c2cccc[n+]2[O-])CC1. The molecule has 0 aliphatic carbocycles. The van der Waals surface area contributed by atoms with Crippen LogP contribution in [0.1, 0.15) is 23.3 Å². The molecule has 1 aliphatic rings. The fourth-order valence-corrected chi connectivity index (χ4v) is 3.02. The van der Waals surface area contributed by atoms with Crippen LogP contribution in [-0.2, 0) is 0 Å². The Hall–Kier alpha value is -2.76. The van der Waals surface area contributed by atoms with E-state index in [2.05, 4.69) is 10.2 Å². The van der Waals surface area contributed by atoms with Gasteiger partial charge in [0.25, 0.3) is 5.69 Å². The van der Waals surface area contributed by atoms with Crippen molar-refractivity contribution >= 4 is 11.6 Å². The first-order chi connectivity index (χ1) is 11.7. The van der Waals surface area contributed by atoms with Crippen molar-refractivity contribution in [3.05, 3.63) is 59.6 Å². The van der Waals surface area contributed by atoms with Crippen LogP contribution in [0.5, 0.6) is 5.75 Å². The number of rotatable bonds is 4. The van der Waals surface area contributed by atoms with Gasteiger partial charge in [-0.3, -0.25) is 4.79 Å². The first kappa shape index (κ1) is 16.1. The Morgan fingerprint density at radius 1 is 1.21 bits per heavy atom. The fourth-order valence-electron chi connectivity index (χ4n) is 3.02. The largest absolute Gasteiger partial charge is 0.618 e. The van der Waals surface area contributed by atoms with Gasteiger partial charge in [0, 0.05) is 31.3 Å². The van der Waals surface area contributed by atoms with E-state index in [1.165, 1.54) is 12.3 Å². The molecule has 0 radical (unpaired) electrons. The number of ether oxygens (including phenoxy) is 1. The van der Waals surface area contributed by atoms with Crippen LogP contribution >= 0.6 is 0 Å². The summed E-state index contributed by atoms with van der Waals surface area (Å²) in [5, 5.41) is 14.6. The Balaban J connectivity index is 1.59. The zero-order valence-corrected chi connectivity index (χ0v) is 13.6. The number of piperidine rings is 1. The molecule has 3 rings (SSSR count). The zero-order chi connectivity index (χ0) is 16.9. The van der Waals surface area contributed by atoms with Crippen LogP contribution in [0, 0.1) is 5.21 Å². The number of benzene rings is 1. The minimum Gasteiger partial charge on any atom is -0.618 e. The van der Waals surface area contributed by atoms with Crippen LogP contribution in [-0.4, -0.2) is 32.1 Å². The molecule has 0 atom stereocenters. The smallest absolute Gasteiger partial charge is 0.317 e. The highest BCUT2D eigenvalue weighted by atomic mass is 16.5. The third kappa shape index (κ3) is 3.42. The maximum Gasteiger partial charge on any atom is 0.317 e. The number of carbonyl (C=O) groups excluding carboxylic acids is 1. The molecular formula is C18H21N3O3. The van der Waals surface area contributed by atoms with Crippen molar-refractivity contribution in [2.75, 3.05) is 25.1 Å². The van der Waals surface area contributed by atoms with Crippen molar-refractivity contribution in [2.24, 2.45) is 0 Å². The molecule has 0 bridgehead atoms. The third-order valence-electron chi connectivity index (χ3n) is 4.31. The molecular weight excluding hydrogens is 306 g/mol. The Morgan fingerprint density at radius 2 is 1.92 bits per heavy atom. The maximum absolute atomic E-state index is 12.2. The average molecular weight is 327 g/mol. The summed E-state index contributed by atoms with van der Waals surface area (Å²) in [6.45, 7) is 1.66. The van der Waals surface area contributed by atoms with E-state index in [0.717, 1.165) is 37.4 Å². The van der Waals surface area contributed by atoms with Crippen LogP contribution in [0.3, 0.4) is 0 Å². The van der Waals surface area contributed by atoms with E-state index in [1.807, 2.05) is 24.3 Å². The van der Waals surface area contributed by atoms with E-state index in [0.29, 0.717) is 4.73 Å². The van der Waals surface area contributed by atoms with E-state index in [9.17, 15) is 10.0 Å². The highest BCUT2D eigenvalue weighted by Gasteiger charge is 2.25. The summed E-state index contributed by atoms with van der Waals surface area (Å²) < 4.78 is 6.01. The molecule has 1 aliphatic heterocycles. The zero-order valence-electron chi connectivity index (χ0n) is 13.6. The molecule has 0 unspecified atom stereocenters. The van der Waals surface area contributed by atoms with Gasteiger partial charge in [-0.15, -0.1) is 0 Å². The normalized spacial score (nSPS) is 15.1. The van der Waals surface area contributed by atoms with Crippen molar-refractivity contribution in [1.82, 2.24) is 5.32 Å². The number of pyridine rings is 1. The number of aromatic nitrogens is 1. The van der Waals surface area contributed by atoms with Gasteiger partial charge in [0.05, 0.1) is 12.8 Å². The van der Waals surface area contributed by atoms with E-state index in [4.69, 9.17) is 4.74 Å². The molecule has 0 saturated carbocycles. The van der Waals surface area contributed by atoms with Crippen LogP contribution in [0.25, 0.3) is 0 Å². The molecule has 1 N–H and O–H groups in total. The molecule has 6 heteroatoms. The van der Waals surface area contributed by atoms with E-state index < -0.39 is 0 Å². The monoisotopic (exact) mass is 327 g/mol. The van der Waals surface area contributed by atoms with Gasteiger partial charge in [-0.1, -0.05) is 12.1 Å². The summed E-state index contributed by atoms with van der Waals surface area (Å²) in [6, 6.07) is 12.8. The second kappa shape index (κ2) is 7.21. The number of hydrogen-bond acceptors (Lipinski definition) is 4.